The van der Waals surface area contributed by atoms with Crippen LogP contribution in [0, 0.1) is 11.8 Å². The quantitative estimate of drug-likeness (QED) is 0.489. The number of ketones is 1. The third-order valence-electron chi connectivity index (χ3n) is 3.82. The highest BCUT2D eigenvalue weighted by Crippen LogP contribution is 2.33. The van der Waals surface area contributed by atoms with Gasteiger partial charge in [0.2, 0.25) is 0 Å². The number of esters is 1. The van der Waals surface area contributed by atoms with Crippen LogP contribution >= 0.6 is 0 Å². The summed E-state index contributed by atoms with van der Waals surface area (Å²) in [7, 11) is 0. The molecule has 0 aromatic rings. The molecule has 2 rings (SSSR count). The SMILES string of the molecule is C/C1=C\[C@@H]2OC(=O)[C@@H](C)[C@@H]2C(=O)C/C(C)=C/CC1. The Morgan fingerprint density at radius 3 is 2.67 bits per heavy atom. The van der Waals surface area contributed by atoms with E-state index in [9.17, 15) is 9.59 Å². The summed E-state index contributed by atoms with van der Waals surface area (Å²) < 4.78 is 5.33. The molecule has 0 aromatic heterocycles. The van der Waals surface area contributed by atoms with E-state index in [4.69, 9.17) is 4.74 Å². The minimum absolute atomic E-state index is 0.123. The van der Waals surface area contributed by atoms with Crippen molar-refractivity contribution < 1.29 is 14.3 Å². The average molecular weight is 248 g/mol. The third-order valence-corrected chi connectivity index (χ3v) is 3.82. The number of carbonyl (C=O) groups excluding carboxylic acids is 2. The van der Waals surface area contributed by atoms with E-state index in [0.717, 1.165) is 18.4 Å². The number of fused-ring (bicyclic) bond motifs is 1. The van der Waals surface area contributed by atoms with E-state index in [0.29, 0.717) is 6.42 Å². The van der Waals surface area contributed by atoms with Crippen LogP contribution in [0.5, 0.6) is 0 Å². The van der Waals surface area contributed by atoms with Crippen LogP contribution in [-0.4, -0.2) is 17.9 Å². The fourth-order valence-corrected chi connectivity index (χ4v) is 2.72. The minimum Gasteiger partial charge on any atom is -0.457 e. The Hall–Kier alpha value is -1.38. The molecule has 98 valence electrons. The molecule has 1 aliphatic carbocycles. The Morgan fingerprint density at radius 2 is 1.94 bits per heavy atom. The van der Waals surface area contributed by atoms with Crippen molar-refractivity contribution in [2.24, 2.45) is 11.8 Å². The van der Waals surface area contributed by atoms with E-state index < -0.39 is 0 Å². The third kappa shape index (κ3) is 2.55. The number of allylic oxidation sites excluding steroid dienone is 3. The van der Waals surface area contributed by atoms with Crippen LogP contribution < -0.4 is 0 Å². The molecule has 1 fully saturated rings. The summed E-state index contributed by atoms with van der Waals surface area (Å²) >= 11 is 0. The lowest BCUT2D eigenvalue weighted by Crippen LogP contribution is -2.27. The number of ether oxygens (including phenoxy) is 1. The van der Waals surface area contributed by atoms with Gasteiger partial charge >= 0.3 is 5.97 Å². The molecule has 0 amide bonds. The first-order chi connectivity index (χ1) is 8.49. The Kier molecular flexibility index (Phi) is 3.69. The normalized spacial score (nSPS) is 39.2. The fourth-order valence-electron chi connectivity index (χ4n) is 2.72. The Morgan fingerprint density at radius 1 is 1.22 bits per heavy atom. The number of carbonyl (C=O) groups is 2. The minimum atomic E-state index is -0.356. The van der Waals surface area contributed by atoms with Gasteiger partial charge in [0.05, 0.1) is 11.8 Å². The summed E-state index contributed by atoms with van der Waals surface area (Å²) in [5.41, 5.74) is 2.28. The summed E-state index contributed by atoms with van der Waals surface area (Å²) in [6, 6.07) is 0. The van der Waals surface area contributed by atoms with Crippen molar-refractivity contribution in [3.05, 3.63) is 23.3 Å². The van der Waals surface area contributed by atoms with Gasteiger partial charge in [0.1, 0.15) is 11.9 Å². The van der Waals surface area contributed by atoms with Crippen LogP contribution in [0.25, 0.3) is 0 Å². The van der Waals surface area contributed by atoms with E-state index in [2.05, 4.69) is 6.08 Å². The molecule has 1 aliphatic heterocycles. The van der Waals surface area contributed by atoms with E-state index in [-0.39, 0.29) is 29.7 Å². The van der Waals surface area contributed by atoms with Crippen molar-refractivity contribution in [3.63, 3.8) is 0 Å². The largest absolute Gasteiger partial charge is 0.457 e. The first kappa shape index (κ1) is 13.1. The van der Waals surface area contributed by atoms with E-state index in [1.165, 1.54) is 5.57 Å². The molecular formula is C15H20O3. The molecule has 2 aliphatic rings. The van der Waals surface area contributed by atoms with Crippen molar-refractivity contribution in [2.45, 2.75) is 46.1 Å². The molecule has 0 aromatic carbocycles. The van der Waals surface area contributed by atoms with Crippen molar-refractivity contribution in [1.29, 1.82) is 0 Å². The Balaban J connectivity index is 2.33. The maximum atomic E-state index is 12.3. The van der Waals surface area contributed by atoms with Gasteiger partial charge in [0.25, 0.3) is 0 Å². The second kappa shape index (κ2) is 5.09. The molecule has 18 heavy (non-hydrogen) atoms. The van der Waals surface area contributed by atoms with Crippen LogP contribution in [0.1, 0.15) is 40.0 Å². The van der Waals surface area contributed by atoms with Crippen LogP contribution in [-0.2, 0) is 14.3 Å². The van der Waals surface area contributed by atoms with E-state index in [1.807, 2.05) is 19.9 Å². The van der Waals surface area contributed by atoms with Crippen LogP contribution in [0.15, 0.2) is 23.3 Å². The first-order valence-electron chi connectivity index (χ1n) is 6.55. The molecule has 0 radical (unpaired) electrons. The molecule has 0 unspecified atom stereocenters. The van der Waals surface area contributed by atoms with Gasteiger partial charge in [-0.25, -0.2) is 0 Å². The molecule has 3 heteroatoms. The fraction of sp³-hybridized carbons (Fsp3) is 0.600. The van der Waals surface area contributed by atoms with E-state index >= 15 is 0 Å². The van der Waals surface area contributed by atoms with Crippen LogP contribution in [0.4, 0.5) is 0 Å². The monoisotopic (exact) mass is 248 g/mol. The van der Waals surface area contributed by atoms with Crippen molar-refractivity contribution in [1.82, 2.24) is 0 Å². The topological polar surface area (TPSA) is 43.4 Å². The van der Waals surface area contributed by atoms with Crippen LogP contribution in [0.3, 0.4) is 0 Å². The molecular weight excluding hydrogens is 228 g/mol. The number of hydrogen-bond acceptors (Lipinski definition) is 3. The van der Waals surface area contributed by atoms with Gasteiger partial charge in [-0.2, -0.15) is 0 Å². The van der Waals surface area contributed by atoms with Gasteiger partial charge in [-0.15, -0.1) is 0 Å². The Labute approximate surface area is 108 Å². The lowest BCUT2D eigenvalue weighted by Gasteiger charge is -2.18. The van der Waals surface area contributed by atoms with Gasteiger partial charge in [0.15, 0.2) is 0 Å². The van der Waals surface area contributed by atoms with Gasteiger partial charge in [-0.1, -0.05) is 24.1 Å². The molecule has 0 N–H and O–H groups in total. The van der Waals surface area contributed by atoms with Crippen molar-refractivity contribution in [3.8, 4) is 0 Å². The predicted molar refractivity (Wildman–Crippen MR) is 68.9 cm³/mol. The average Bonchev–Trinajstić information content (AvgIpc) is 2.53. The molecule has 1 saturated heterocycles. The second-order valence-electron chi connectivity index (χ2n) is 5.46. The molecule has 1 heterocycles. The number of rotatable bonds is 0. The van der Waals surface area contributed by atoms with Gasteiger partial charge < -0.3 is 4.74 Å². The zero-order chi connectivity index (χ0) is 13.3. The summed E-state index contributed by atoms with van der Waals surface area (Å²) in [6.07, 6.45) is 6.07. The molecule has 0 saturated carbocycles. The highest BCUT2D eigenvalue weighted by molar-refractivity contribution is 5.91. The lowest BCUT2D eigenvalue weighted by molar-refractivity contribution is -0.142. The summed E-state index contributed by atoms with van der Waals surface area (Å²) in [5.74, 6) is -0.756. The van der Waals surface area contributed by atoms with Crippen LogP contribution in [0.2, 0.25) is 0 Å². The standard InChI is InChI=1S/C15H20O3/c1-9-5-4-6-10(2)8-13-14(12(16)7-9)11(3)15(17)18-13/h5,8,11,13-14H,4,6-7H2,1-3H3/b9-5+,10-8+/t11-,13-,14+/m0/s1. The highest BCUT2D eigenvalue weighted by Gasteiger charge is 2.44. The van der Waals surface area contributed by atoms with Crippen molar-refractivity contribution in [2.75, 3.05) is 0 Å². The van der Waals surface area contributed by atoms with E-state index in [1.54, 1.807) is 6.92 Å². The number of Topliss-reactive ketones (excluding diaryl/α,β-unsaturated/α-hetero) is 1. The maximum absolute atomic E-state index is 12.3. The Bertz CT molecular complexity index is 431. The smallest absolute Gasteiger partial charge is 0.310 e. The van der Waals surface area contributed by atoms with Gasteiger partial charge in [-0.3, -0.25) is 9.59 Å². The molecule has 3 nitrogen and oxygen atoms in total. The zero-order valence-corrected chi connectivity index (χ0v) is 11.2. The van der Waals surface area contributed by atoms with Crippen molar-refractivity contribution >= 4 is 11.8 Å². The second-order valence-corrected chi connectivity index (χ2v) is 5.46. The summed E-state index contributed by atoms with van der Waals surface area (Å²) in [6.45, 7) is 5.80. The summed E-state index contributed by atoms with van der Waals surface area (Å²) in [5, 5.41) is 0. The molecule has 0 spiro atoms. The van der Waals surface area contributed by atoms with Gasteiger partial charge in [0, 0.05) is 6.42 Å². The number of hydrogen-bond donors (Lipinski definition) is 0. The maximum Gasteiger partial charge on any atom is 0.310 e. The molecule has 3 atom stereocenters. The predicted octanol–water partition coefficient (Wildman–Crippen LogP) is 2.81. The lowest BCUT2D eigenvalue weighted by atomic mass is 9.84. The first-order valence-corrected chi connectivity index (χ1v) is 6.55. The zero-order valence-electron chi connectivity index (χ0n) is 11.2. The van der Waals surface area contributed by atoms with Gasteiger partial charge in [-0.05, 0) is 32.8 Å². The molecule has 0 bridgehead atoms. The highest BCUT2D eigenvalue weighted by atomic mass is 16.6. The summed E-state index contributed by atoms with van der Waals surface area (Å²) in [4.78, 5) is 23.9.